The van der Waals surface area contributed by atoms with E-state index in [0.29, 0.717) is 6.42 Å². The van der Waals surface area contributed by atoms with Crippen molar-refractivity contribution in [1.29, 1.82) is 0 Å². The van der Waals surface area contributed by atoms with Crippen LogP contribution in [0.15, 0.2) is 21.3 Å². The molecular weight excluding hydrogens is 429 g/mol. The standard InChI is InChI=1S/C13H14BrN3OS2.2ClH/c14-8-3-11(19-6-8)13-17-10(7-20-13)4-12(18)16-9-1-2-15-5-9;;/h3,6-7,9,15H,1-2,4-5H2,(H,16,18);2*1H. The average molecular weight is 445 g/mol. The van der Waals surface area contributed by atoms with Gasteiger partial charge >= 0.3 is 0 Å². The number of halogens is 3. The van der Waals surface area contributed by atoms with Crippen LogP contribution in [0.25, 0.3) is 9.88 Å². The molecule has 1 atom stereocenters. The van der Waals surface area contributed by atoms with E-state index in [9.17, 15) is 4.79 Å². The first-order valence-corrected chi connectivity index (χ1v) is 8.95. The molecular formula is C13H16BrCl2N3OS2. The molecule has 0 spiro atoms. The number of amides is 1. The maximum Gasteiger partial charge on any atom is 0.226 e. The van der Waals surface area contributed by atoms with Gasteiger partial charge in [0.2, 0.25) is 5.91 Å². The molecule has 3 heterocycles. The SMILES string of the molecule is Cl.Cl.O=C(Cc1csc(-c2cc(Br)cs2)n1)NC1CCNC1. The van der Waals surface area contributed by atoms with Crippen molar-refractivity contribution in [2.24, 2.45) is 0 Å². The van der Waals surface area contributed by atoms with E-state index in [-0.39, 0.29) is 36.8 Å². The smallest absolute Gasteiger partial charge is 0.226 e. The third kappa shape index (κ3) is 5.18. The molecule has 0 aromatic carbocycles. The van der Waals surface area contributed by atoms with Crippen molar-refractivity contribution in [3.8, 4) is 9.88 Å². The largest absolute Gasteiger partial charge is 0.352 e. The number of hydrogen-bond donors (Lipinski definition) is 2. The van der Waals surface area contributed by atoms with Gasteiger partial charge in [-0.05, 0) is 35.0 Å². The Morgan fingerprint density at radius 2 is 2.23 bits per heavy atom. The number of rotatable bonds is 4. The Kier molecular flexibility index (Phi) is 8.31. The number of carbonyl (C=O) groups excluding carboxylic acids is 1. The van der Waals surface area contributed by atoms with E-state index in [1.165, 1.54) is 0 Å². The molecule has 122 valence electrons. The molecule has 3 rings (SSSR count). The monoisotopic (exact) mass is 443 g/mol. The summed E-state index contributed by atoms with van der Waals surface area (Å²) in [5, 5.41) is 11.3. The predicted molar refractivity (Wildman–Crippen MR) is 101 cm³/mol. The van der Waals surface area contributed by atoms with Crippen molar-refractivity contribution in [3.63, 3.8) is 0 Å². The molecule has 1 unspecified atom stereocenters. The van der Waals surface area contributed by atoms with E-state index < -0.39 is 0 Å². The van der Waals surface area contributed by atoms with Gasteiger partial charge in [0.05, 0.1) is 17.0 Å². The van der Waals surface area contributed by atoms with Crippen LogP contribution in [0.2, 0.25) is 0 Å². The van der Waals surface area contributed by atoms with Crippen molar-refractivity contribution in [3.05, 3.63) is 27.0 Å². The fourth-order valence-corrected chi connectivity index (χ4v) is 4.47. The Labute approximate surface area is 158 Å². The summed E-state index contributed by atoms with van der Waals surface area (Å²) in [4.78, 5) is 17.6. The summed E-state index contributed by atoms with van der Waals surface area (Å²) >= 11 is 6.68. The van der Waals surface area contributed by atoms with Crippen LogP contribution in [0, 0.1) is 0 Å². The summed E-state index contributed by atoms with van der Waals surface area (Å²) in [7, 11) is 0. The summed E-state index contributed by atoms with van der Waals surface area (Å²) in [6, 6.07) is 2.33. The minimum absolute atomic E-state index is 0. The third-order valence-electron chi connectivity index (χ3n) is 3.10. The summed E-state index contributed by atoms with van der Waals surface area (Å²) in [6.45, 7) is 1.86. The summed E-state index contributed by atoms with van der Waals surface area (Å²) < 4.78 is 1.07. The molecule has 9 heteroatoms. The van der Waals surface area contributed by atoms with Gasteiger partial charge in [-0.3, -0.25) is 4.79 Å². The van der Waals surface area contributed by atoms with Gasteiger partial charge in [0.15, 0.2) is 0 Å². The molecule has 0 aliphatic carbocycles. The molecule has 4 nitrogen and oxygen atoms in total. The van der Waals surface area contributed by atoms with Crippen molar-refractivity contribution >= 4 is 69.3 Å². The maximum atomic E-state index is 11.9. The molecule has 1 amide bonds. The fourth-order valence-electron chi connectivity index (χ4n) is 2.15. The third-order valence-corrected chi connectivity index (χ3v) is 5.85. The number of thiazole rings is 1. The van der Waals surface area contributed by atoms with Crippen LogP contribution in [0.4, 0.5) is 0 Å². The van der Waals surface area contributed by atoms with E-state index in [1.54, 1.807) is 22.7 Å². The highest BCUT2D eigenvalue weighted by atomic mass is 79.9. The molecule has 1 aliphatic heterocycles. The first-order valence-electron chi connectivity index (χ1n) is 6.39. The molecule has 2 aromatic rings. The Bertz CT molecular complexity index is 614. The van der Waals surface area contributed by atoms with Crippen LogP contribution < -0.4 is 10.6 Å². The van der Waals surface area contributed by atoms with E-state index in [1.807, 2.05) is 10.8 Å². The summed E-state index contributed by atoms with van der Waals surface area (Å²) in [5.41, 5.74) is 0.845. The average Bonchev–Trinajstić information content (AvgIpc) is 3.10. The normalized spacial score (nSPS) is 16.7. The zero-order valence-corrected chi connectivity index (χ0v) is 16.4. The molecule has 2 N–H and O–H groups in total. The van der Waals surface area contributed by atoms with Gasteiger partial charge < -0.3 is 10.6 Å². The van der Waals surface area contributed by atoms with E-state index in [4.69, 9.17) is 0 Å². The molecule has 2 aromatic heterocycles. The van der Waals surface area contributed by atoms with Crippen LogP contribution in [0.5, 0.6) is 0 Å². The highest BCUT2D eigenvalue weighted by Crippen LogP contribution is 2.32. The molecule has 1 fully saturated rings. The van der Waals surface area contributed by atoms with Crippen molar-refractivity contribution in [1.82, 2.24) is 15.6 Å². The molecule has 0 radical (unpaired) electrons. The molecule has 0 bridgehead atoms. The van der Waals surface area contributed by atoms with Gasteiger partial charge in [0.1, 0.15) is 5.01 Å². The lowest BCUT2D eigenvalue weighted by Crippen LogP contribution is -2.37. The number of hydrogen-bond acceptors (Lipinski definition) is 5. The highest BCUT2D eigenvalue weighted by Gasteiger charge is 2.17. The summed E-state index contributed by atoms with van der Waals surface area (Å²) in [6.07, 6.45) is 1.37. The predicted octanol–water partition coefficient (Wildman–Crippen LogP) is 3.50. The lowest BCUT2D eigenvalue weighted by molar-refractivity contribution is -0.121. The quantitative estimate of drug-likeness (QED) is 0.758. The topological polar surface area (TPSA) is 54.0 Å². The molecule has 1 aliphatic rings. The van der Waals surface area contributed by atoms with Gasteiger partial charge in [-0.1, -0.05) is 0 Å². The van der Waals surface area contributed by atoms with Crippen LogP contribution in [0.3, 0.4) is 0 Å². The molecule has 1 saturated heterocycles. The van der Waals surface area contributed by atoms with E-state index in [0.717, 1.165) is 39.6 Å². The minimum atomic E-state index is 0. The molecule has 22 heavy (non-hydrogen) atoms. The second-order valence-electron chi connectivity index (χ2n) is 4.71. The first kappa shape index (κ1) is 19.9. The second kappa shape index (κ2) is 9.20. The number of aromatic nitrogens is 1. The van der Waals surface area contributed by atoms with Gasteiger partial charge in [-0.2, -0.15) is 0 Å². The van der Waals surface area contributed by atoms with Gasteiger partial charge in [0, 0.05) is 27.8 Å². The van der Waals surface area contributed by atoms with Gasteiger partial charge in [-0.25, -0.2) is 4.98 Å². The van der Waals surface area contributed by atoms with Crippen molar-refractivity contribution < 1.29 is 4.79 Å². The minimum Gasteiger partial charge on any atom is -0.352 e. The first-order chi connectivity index (χ1) is 9.70. The Balaban J connectivity index is 0.00000121. The number of nitrogens with zero attached hydrogens (tertiary/aromatic N) is 1. The number of nitrogens with one attached hydrogen (secondary N) is 2. The van der Waals surface area contributed by atoms with Crippen LogP contribution in [-0.4, -0.2) is 30.0 Å². The second-order valence-corrected chi connectivity index (χ2v) is 7.39. The number of thiophene rings is 1. The van der Waals surface area contributed by atoms with E-state index >= 15 is 0 Å². The van der Waals surface area contributed by atoms with Crippen LogP contribution >= 0.6 is 63.4 Å². The van der Waals surface area contributed by atoms with Gasteiger partial charge in [0.25, 0.3) is 0 Å². The van der Waals surface area contributed by atoms with Crippen molar-refractivity contribution in [2.75, 3.05) is 13.1 Å². The highest BCUT2D eigenvalue weighted by molar-refractivity contribution is 9.10. The van der Waals surface area contributed by atoms with Crippen LogP contribution in [-0.2, 0) is 11.2 Å². The number of carbonyl (C=O) groups is 1. The van der Waals surface area contributed by atoms with Crippen molar-refractivity contribution in [2.45, 2.75) is 18.9 Å². The molecule has 0 saturated carbocycles. The van der Waals surface area contributed by atoms with E-state index in [2.05, 4.69) is 37.6 Å². The fraction of sp³-hybridized carbons (Fsp3) is 0.385. The van der Waals surface area contributed by atoms with Crippen LogP contribution in [0.1, 0.15) is 12.1 Å². The Morgan fingerprint density at radius 3 is 2.86 bits per heavy atom. The Hall–Kier alpha value is -0.180. The summed E-state index contributed by atoms with van der Waals surface area (Å²) in [5.74, 6) is 0.0583. The lowest BCUT2D eigenvalue weighted by atomic mass is 10.2. The lowest BCUT2D eigenvalue weighted by Gasteiger charge is -2.10. The zero-order chi connectivity index (χ0) is 13.9. The Morgan fingerprint density at radius 1 is 1.41 bits per heavy atom. The maximum absolute atomic E-state index is 11.9. The van der Waals surface area contributed by atoms with Gasteiger partial charge in [-0.15, -0.1) is 47.5 Å². The zero-order valence-electron chi connectivity index (χ0n) is 11.5.